The Labute approximate surface area is 136 Å². The van der Waals surface area contributed by atoms with E-state index < -0.39 is 0 Å². The number of nitrogens with two attached hydrogens (primary N) is 2. The molecule has 2 aromatic heterocycles. The molecule has 112 valence electrons. The fraction of sp³-hybridized carbons (Fsp3) is 0.133. The lowest BCUT2D eigenvalue weighted by molar-refractivity contribution is -0.646. The highest BCUT2D eigenvalue weighted by atomic mass is 35.5. The van der Waals surface area contributed by atoms with Crippen molar-refractivity contribution < 1.29 is 35.1 Å². The third-order valence-corrected chi connectivity index (χ3v) is 3.36. The molecule has 0 saturated carbocycles. The fourth-order valence-corrected chi connectivity index (χ4v) is 2.35. The van der Waals surface area contributed by atoms with Crippen LogP contribution in [0, 0.1) is 0 Å². The van der Waals surface area contributed by atoms with E-state index in [1.807, 2.05) is 24.4 Å². The summed E-state index contributed by atoms with van der Waals surface area (Å²) in [6, 6.07) is 12.2. The van der Waals surface area contributed by atoms with Crippen LogP contribution in [0.25, 0.3) is 10.9 Å². The topological polar surface area (TPSA) is 72.6 Å². The normalized spacial score (nSPS) is 9.90. The second-order valence-electron chi connectivity index (χ2n) is 4.64. The lowest BCUT2D eigenvalue weighted by Gasteiger charge is -1.98. The number of hydrogen-bond donors (Lipinski definition) is 3. The number of aromatic amines is 2. The number of H-pyrrole nitrogens is 2. The van der Waals surface area contributed by atoms with Crippen molar-refractivity contribution in [2.45, 2.75) is 6.42 Å². The summed E-state index contributed by atoms with van der Waals surface area (Å²) >= 11 is 0. The van der Waals surface area contributed by atoms with E-state index in [-0.39, 0.29) is 24.8 Å². The van der Waals surface area contributed by atoms with Crippen LogP contribution in [0.5, 0.6) is 0 Å². The number of para-hydroxylation sites is 1. The fourth-order valence-electron chi connectivity index (χ4n) is 2.35. The molecule has 3 aromatic rings. The Bertz CT molecular complexity index is 697. The molecule has 0 aliphatic heterocycles. The highest BCUT2D eigenvalue weighted by Crippen LogP contribution is 2.17. The number of halogens is 2. The molecule has 0 fully saturated rings. The highest BCUT2D eigenvalue weighted by Gasteiger charge is 2.10. The van der Waals surface area contributed by atoms with Crippen LogP contribution in [0.4, 0.5) is 11.5 Å². The summed E-state index contributed by atoms with van der Waals surface area (Å²) in [6.45, 7) is 0.965. The van der Waals surface area contributed by atoms with Gasteiger partial charge in [0, 0.05) is 29.6 Å². The van der Waals surface area contributed by atoms with Crippen molar-refractivity contribution in [1.82, 2.24) is 4.98 Å². The minimum atomic E-state index is 0. The maximum Gasteiger partial charge on any atom is 0.387 e. The van der Waals surface area contributed by atoms with Crippen LogP contribution in [-0.2, 0) is 6.42 Å². The first-order valence-electron chi connectivity index (χ1n) is 6.49. The number of pyridine rings is 1. The van der Waals surface area contributed by atoms with Crippen LogP contribution in [-0.4, -0.2) is 11.5 Å². The van der Waals surface area contributed by atoms with E-state index in [4.69, 9.17) is 5.73 Å². The standard InChI is InChI=1S/C15H16N4.2ClH/c16-13-5-3-8-17-15(13)18-9-7-11-10-19-14-6-2-1-4-12(11)14;;/h1-6,8,10,19H,7,9,16H2,(H,17,18);2*1H. The van der Waals surface area contributed by atoms with Gasteiger partial charge in [0.15, 0.2) is 11.9 Å². The number of aromatic nitrogens is 2. The molecule has 0 spiro atoms. The van der Waals surface area contributed by atoms with E-state index in [0.29, 0.717) is 0 Å². The number of fused-ring (bicyclic) bond motifs is 1. The summed E-state index contributed by atoms with van der Waals surface area (Å²) in [5.41, 5.74) is 9.24. The van der Waals surface area contributed by atoms with Crippen LogP contribution < -0.4 is 40.8 Å². The van der Waals surface area contributed by atoms with Gasteiger partial charge in [0.25, 0.3) is 0 Å². The molecule has 4 nitrogen and oxygen atoms in total. The van der Waals surface area contributed by atoms with Gasteiger partial charge in [-0.3, -0.25) is 5.32 Å². The van der Waals surface area contributed by atoms with Crippen LogP contribution >= 0.6 is 0 Å². The number of nitrogens with one attached hydrogen (secondary N) is 2. The second-order valence-corrected chi connectivity index (χ2v) is 4.64. The van der Waals surface area contributed by atoms with Crippen molar-refractivity contribution in [1.29, 1.82) is 0 Å². The SMILES string of the molecule is Nc1ccc[nH+]c1[NH2+]CCc1c[nH]c2ccccc12.[Cl-].[Cl-]. The van der Waals surface area contributed by atoms with E-state index in [0.717, 1.165) is 24.5 Å². The average molecular weight is 325 g/mol. The molecular weight excluding hydrogens is 307 g/mol. The first-order valence-corrected chi connectivity index (χ1v) is 6.49. The van der Waals surface area contributed by atoms with Crippen molar-refractivity contribution in [2.75, 3.05) is 12.3 Å². The Kier molecular flexibility index (Phi) is 6.49. The Morgan fingerprint density at radius 1 is 1.10 bits per heavy atom. The molecule has 0 aliphatic carbocycles. The van der Waals surface area contributed by atoms with Gasteiger partial charge >= 0.3 is 5.82 Å². The summed E-state index contributed by atoms with van der Waals surface area (Å²) in [6.07, 6.45) is 5.00. The molecule has 21 heavy (non-hydrogen) atoms. The van der Waals surface area contributed by atoms with Crippen LogP contribution in [0.3, 0.4) is 0 Å². The number of rotatable bonds is 4. The first-order chi connectivity index (χ1) is 9.34. The predicted octanol–water partition coefficient (Wildman–Crippen LogP) is -4.99. The zero-order chi connectivity index (χ0) is 13.1. The van der Waals surface area contributed by atoms with Gasteiger partial charge in [0.2, 0.25) is 0 Å². The largest absolute Gasteiger partial charge is 1.00 e. The minimum absolute atomic E-state index is 0. The van der Waals surface area contributed by atoms with Gasteiger partial charge in [0.1, 0.15) is 0 Å². The number of quaternary nitrogens is 1. The van der Waals surface area contributed by atoms with Crippen LogP contribution in [0.1, 0.15) is 5.56 Å². The van der Waals surface area contributed by atoms with Gasteiger partial charge in [0.05, 0.1) is 6.54 Å². The molecule has 0 atom stereocenters. The van der Waals surface area contributed by atoms with E-state index >= 15 is 0 Å². The zero-order valence-electron chi connectivity index (χ0n) is 11.4. The van der Waals surface area contributed by atoms with Gasteiger partial charge in [-0.05, 0) is 17.7 Å². The molecule has 2 heterocycles. The molecular formula is C15H18Cl2N4. The Morgan fingerprint density at radius 2 is 1.90 bits per heavy atom. The predicted molar refractivity (Wildman–Crippen MR) is 75.9 cm³/mol. The molecule has 0 aliphatic rings. The van der Waals surface area contributed by atoms with Crippen molar-refractivity contribution in [2.24, 2.45) is 0 Å². The summed E-state index contributed by atoms with van der Waals surface area (Å²) in [5, 5.41) is 3.46. The van der Waals surface area contributed by atoms with Gasteiger partial charge in [-0.2, -0.15) is 4.98 Å². The highest BCUT2D eigenvalue weighted by molar-refractivity contribution is 5.83. The number of anilines is 1. The third kappa shape index (κ3) is 3.88. The van der Waals surface area contributed by atoms with Gasteiger partial charge in [-0.25, -0.2) is 0 Å². The number of nitrogen functional groups attached to an aromatic ring is 1. The zero-order valence-corrected chi connectivity index (χ0v) is 13.0. The Morgan fingerprint density at radius 3 is 2.71 bits per heavy atom. The maximum atomic E-state index is 5.90. The van der Waals surface area contributed by atoms with E-state index in [9.17, 15) is 0 Å². The van der Waals surface area contributed by atoms with E-state index in [2.05, 4.69) is 39.7 Å². The molecule has 0 saturated heterocycles. The summed E-state index contributed by atoms with van der Waals surface area (Å²) < 4.78 is 0. The van der Waals surface area contributed by atoms with Crippen molar-refractivity contribution in [3.63, 3.8) is 0 Å². The quantitative estimate of drug-likeness (QED) is 0.442. The minimum Gasteiger partial charge on any atom is -1.00 e. The van der Waals surface area contributed by atoms with Crippen LogP contribution in [0.15, 0.2) is 48.8 Å². The monoisotopic (exact) mass is 324 g/mol. The lowest BCUT2D eigenvalue weighted by atomic mass is 10.1. The second kappa shape index (κ2) is 7.88. The first kappa shape index (κ1) is 17.3. The van der Waals surface area contributed by atoms with Crippen molar-refractivity contribution >= 4 is 22.4 Å². The number of hydrogen-bond acceptors (Lipinski definition) is 1. The molecule has 6 heteroatoms. The molecule has 0 unspecified atom stereocenters. The van der Waals surface area contributed by atoms with Crippen LogP contribution in [0.2, 0.25) is 0 Å². The van der Waals surface area contributed by atoms with Crippen molar-refractivity contribution in [3.8, 4) is 0 Å². The summed E-state index contributed by atoms with van der Waals surface area (Å²) in [4.78, 5) is 6.47. The lowest BCUT2D eigenvalue weighted by Crippen LogP contribution is -3.00. The Hall–Kier alpha value is -1.75. The molecule has 0 amide bonds. The molecule has 3 rings (SSSR count). The Balaban J connectivity index is 0.00000110. The van der Waals surface area contributed by atoms with Gasteiger partial charge in [-0.15, -0.1) is 0 Å². The smallest absolute Gasteiger partial charge is 0.387 e. The van der Waals surface area contributed by atoms with Crippen molar-refractivity contribution in [3.05, 3.63) is 54.4 Å². The third-order valence-electron chi connectivity index (χ3n) is 3.36. The van der Waals surface area contributed by atoms with Gasteiger partial charge < -0.3 is 35.5 Å². The maximum absolute atomic E-state index is 5.90. The summed E-state index contributed by atoms with van der Waals surface area (Å²) in [7, 11) is 0. The van der Waals surface area contributed by atoms with E-state index in [1.54, 1.807) is 0 Å². The molecule has 0 bridgehead atoms. The van der Waals surface area contributed by atoms with E-state index in [1.165, 1.54) is 16.5 Å². The molecule has 1 aromatic carbocycles. The van der Waals surface area contributed by atoms with Gasteiger partial charge in [-0.1, -0.05) is 18.2 Å². The summed E-state index contributed by atoms with van der Waals surface area (Å²) in [5.74, 6) is 1.00. The number of benzene rings is 1. The average Bonchev–Trinajstić information content (AvgIpc) is 2.85. The molecule has 6 N–H and O–H groups in total. The molecule has 0 radical (unpaired) electrons.